The highest BCUT2D eigenvalue weighted by atomic mass is 35.5. The Morgan fingerprint density at radius 2 is 1.95 bits per heavy atom. The standard InChI is InChI=1S/C15H21Cl2NO3/c1-5-20-15(19)10(4)21-14-11(8-18-9(2)3)6-12(16)7-13(14)17/h6-7,9-10,18H,5,8H2,1-4H3. The second kappa shape index (κ2) is 8.47. The molecule has 1 aromatic carbocycles. The van der Waals surface area contributed by atoms with Gasteiger partial charge >= 0.3 is 5.97 Å². The van der Waals surface area contributed by atoms with E-state index < -0.39 is 12.1 Å². The smallest absolute Gasteiger partial charge is 0.347 e. The molecule has 0 aliphatic carbocycles. The number of ether oxygens (including phenoxy) is 2. The van der Waals surface area contributed by atoms with Crippen LogP contribution < -0.4 is 10.1 Å². The summed E-state index contributed by atoms with van der Waals surface area (Å²) in [5, 5.41) is 4.17. The molecule has 4 nitrogen and oxygen atoms in total. The average Bonchev–Trinajstić information content (AvgIpc) is 2.39. The van der Waals surface area contributed by atoms with Gasteiger partial charge in [-0.15, -0.1) is 0 Å². The molecule has 0 fully saturated rings. The van der Waals surface area contributed by atoms with Gasteiger partial charge in [0.1, 0.15) is 5.75 Å². The summed E-state index contributed by atoms with van der Waals surface area (Å²) in [6.07, 6.45) is -0.735. The van der Waals surface area contributed by atoms with Crippen molar-refractivity contribution in [3.8, 4) is 5.75 Å². The Morgan fingerprint density at radius 3 is 2.52 bits per heavy atom. The molecule has 1 N–H and O–H groups in total. The summed E-state index contributed by atoms with van der Waals surface area (Å²) in [7, 11) is 0. The van der Waals surface area contributed by atoms with Crippen LogP contribution in [0.1, 0.15) is 33.3 Å². The van der Waals surface area contributed by atoms with Gasteiger partial charge in [-0.25, -0.2) is 4.79 Å². The van der Waals surface area contributed by atoms with E-state index in [2.05, 4.69) is 5.32 Å². The maximum Gasteiger partial charge on any atom is 0.347 e. The van der Waals surface area contributed by atoms with Crippen molar-refractivity contribution in [1.82, 2.24) is 5.32 Å². The largest absolute Gasteiger partial charge is 0.477 e. The van der Waals surface area contributed by atoms with E-state index in [4.69, 9.17) is 32.7 Å². The first kappa shape index (κ1) is 18.1. The highest BCUT2D eigenvalue weighted by molar-refractivity contribution is 6.35. The molecule has 1 atom stereocenters. The van der Waals surface area contributed by atoms with Crippen molar-refractivity contribution in [3.05, 3.63) is 27.7 Å². The molecule has 0 aliphatic rings. The molecule has 1 aromatic rings. The first-order chi connectivity index (χ1) is 9.85. The van der Waals surface area contributed by atoms with Crippen molar-refractivity contribution in [3.63, 3.8) is 0 Å². The van der Waals surface area contributed by atoms with Crippen molar-refractivity contribution in [2.45, 2.75) is 46.4 Å². The molecule has 0 amide bonds. The molecule has 0 radical (unpaired) electrons. The lowest BCUT2D eigenvalue weighted by Gasteiger charge is -2.19. The third-order valence-electron chi connectivity index (χ3n) is 2.70. The highest BCUT2D eigenvalue weighted by Gasteiger charge is 2.20. The Kier molecular flexibility index (Phi) is 7.29. The fourth-order valence-electron chi connectivity index (χ4n) is 1.68. The highest BCUT2D eigenvalue weighted by Crippen LogP contribution is 2.33. The van der Waals surface area contributed by atoms with Gasteiger partial charge in [0, 0.05) is 23.2 Å². The van der Waals surface area contributed by atoms with E-state index in [1.54, 1.807) is 26.0 Å². The molecule has 0 saturated heterocycles. The summed E-state index contributed by atoms with van der Waals surface area (Å²) in [5.41, 5.74) is 0.803. The van der Waals surface area contributed by atoms with Gasteiger partial charge in [0.15, 0.2) is 6.10 Å². The zero-order valence-corrected chi connectivity index (χ0v) is 14.2. The predicted molar refractivity (Wildman–Crippen MR) is 85.2 cm³/mol. The van der Waals surface area contributed by atoms with Crippen LogP contribution in [0.3, 0.4) is 0 Å². The van der Waals surface area contributed by atoms with Crippen LogP contribution in [0.25, 0.3) is 0 Å². The van der Waals surface area contributed by atoms with E-state index in [1.165, 1.54) is 0 Å². The number of rotatable bonds is 7. The molecule has 0 saturated carbocycles. The van der Waals surface area contributed by atoms with Crippen LogP contribution in [0.4, 0.5) is 0 Å². The maximum absolute atomic E-state index is 11.7. The van der Waals surface area contributed by atoms with Gasteiger partial charge in [-0.3, -0.25) is 0 Å². The summed E-state index contributed by atoms with van der Waals surface area (Å²) in [5.74, 6) is 0.0288. The monoisotopic (exact) mass is 333 g/mol. The lowest BCUT2D eigenvalue weighted by Crippen LogP contribution is -2.27. The Balaban J connectivity index is 2.95. The van der Waals surface area contributed by atoms with Crippen molar-refractivity contribution in [1.29, 1.82) is 0 Å². The van der Waals surface area contributed by atoms with Crippen LogP contribution in [0.15, 0.2) is 12.1 Å². The number of hydrogen-bond acceptors (Lipinski definition) is 4. The van der Waals surface area contributed by atoms with E-state index in [9.17, 15) is 4.79 Å². The molecule has 0 aromatic heterocycles. The van der Waals surface area contributed by atoms with Gasteiger partial charge < -0.3 is 14.8 Å². The van der Waals surface area contributed by atoms with Gasteiger partial charge in [-0.05, 0) is 26.0 Å². The Bertz CT molecular complexity index is 492. The van der Waals surface area contributed by atoms with Gasteiger partial charge in [0.2, 0.25) is 0 Å². The predicted octanol–water partition coefficient (Wildman–Crippen LogP) is 3.82. The number of halogens is 2. The summed E-state index contributed by atoms with van der Waals surface area (Å²) >= 11 is 12.2. The van der Waals surface area contributed by atoms with E-state index in [-0.39, 0.29) is 0 Å². The van der Waals surface area contributed by atoms with Gasteiger partial charge in [-0.1, -0.05) is 37.0 Å². The van der Waals surface area contributed by atoms with Gasteiger partial charge in [0.05, 0.1) is 11.6 Å². The Morgan fingerprint density at radius 1 is 1.29 bits per heavy atom. The minimum atomic E-state index is -0.735. The van der Waals surface area contributed by atoms with Crippen LogP contribution in [-0.2, 0) is 16.1 Å². The van der Waals surface area contributed by atoms with Crippen molar-refractivity contribution in [2.75, 3.05) is 6.61 Å². The van der Waals surface area contributed by atoms with Crippen LogP contribution >= 0.6 is 23.2 Å². The molecule has 0 bridgehead atoms. The van der Waals surface area contributed by atoms with Crippen LogP contribution in [0.2, 0.25) is 10.0 Å². The zero-order chi connectivity index (χ0) is 16.0. The van der Waals surface area contributed by atoms with Gasteiger partial charge in [-0.2, -0.15) is 0 Å². The molecule has 6 heteroatoms. The first-order valence-corrected chi connectivity index (χ1v) is 7.65. The van der Waals surface area contributed by atoms with Crippen molar-refractivity contribution in [2.24, 2.45) is 0 Å². The zero-order valence-electron chi connectivity index (χ0n) is 12.7. The number of nitrogens with one attached hydrogen (secondary N) is 1. The van der Waals surface area contributed by atoms with E-state index in [0.29, 0.717) is 35.0 Å². The topological polar surface area (TPSA) is 47.6 Å². The minimum absolute atomic E-state index is 0.304. The normalized spacial score (nSPS) is 12.3. The number of benzene rings is 1. The Hall–Kier alpha value is -0.970. The maximum atomic E-state index is 11.7. The van der Waals surface area contributed by atoms with Gasteiger partial charge in [0.25, 0.3) is 0 Å². The number of carbonyl (C=O) groups excluding carboxylic acids is 1. The molecule has 1 unspecified atom stereocenters. The molecule has 0 spiro atoms. The second-order valence-electron chi connectivity index (χ2n) is 4.92. The van der Waals surface area contributed by atoms with Crippen molar-refractivity contribution >= 4 is 29.2 Å². The van der Waals surface area contributed by atoms with Crippen molar-refractivity contribution < 1.29 is 14.3 Å². The summed E-state index contributed by atoms with van der Waals surface area (Å²) in [6.45, 7) is 8.30. The molecule has 1 rings (SSSR count). The van der Waals surface area contributed by atoms with Crippen LogP contribution in [0, 0.1) is 0 Å². The first-order valence-electron chi connectivity index (χ1n) is 6.89. The molecule has 118 valence electrons. The van der Waals surface area contributed by atoms with E-state index in [1.807, 2.05) is 13.8 Å². The second-order valence-corrected chi connectivity index (χ2v) is 5.77. The Labute approximate surface area is 135 Å². The lowest BCUT2D eigenvalue weighted by molar-refractivity contribution is -0.150. The number of carbonyl (C=O) groups is 1. The third-order valence-corrected chi connectivity index (χ3v) is 3.20. The average molecular weight is 334 g/mol. The van der Waals surface area contributed by atoms with E-state index >= 15 is 0 Å². The number of esters is 1. The van der Waals surface area contributed by atoms with Crippen LogP contribution in [-0.4, -0.2) is 24.7 Å². The molecular weight excluding hydrogens is 313 g/mol. The summed E-state index contributed by atoms with van der Waals surface area (Å²) < 4.78 is 10.6. The molecular formula is C15H21Cl2NO3. The third kappa shape index (κ3) is 5.73. The fraction of sp³-hybridized carbons (Fsp3) is 0.533. The van der Waals surface area contributed by atoms with Crippen LogP contribution in [0.5, 0.6) is 5.75 Å². The number of hydrogen-bond donors (Lipinski definition) is 1. The minimum Gasteiger partial charge on any atom is -0.477 e. The molecule has 21 heavy (non-hydrogen) atoms. The van der Waals surface area contributed by atoms with E-state index in [0.717, 1.165) is 5.56 Å². The molecule has 0 aliphatic heterocycles. The summed E-state index contributed by atoms with van der Waals surface area (Å²) in [4.78, 5) is 11.7. The summed E-state index contributed by atoms with van der Waals surface area (Å²) in [6, 6.07) is 3.67. The quantitative estimate of drug-likeness (QED) is 0.770. The SMILES string of the molecule is CCOC(=O)C(C)Oc1c(Cl)cc(Cl)cc1CNC(C)C. The lowest BCUT2D eigenvalue weighted by atomic mass is 10.2. The fourth-order valence-corrected chi connectivity index (χ4v) is 2.26. The molecule has 0 heterocycles.